The average molecular weight is 238 g/mol. The molecule has 6 heteroatoms. The van der Waals surface area contributed by atoms with Crippen molar-refractivity contribution >= 4 is 11.9 Å². The zero-order valence-corrected chi connectivity index (χ0v) is 9.55. The minimum atomic E-state index is -1.04. The number of likely N-dealkylation sites (N-methyl/N-ethyl adjacent to an activating group) is 1. The van der Waals surface area contributed by atoms with E-state index in [-0.39, 0.29) is 12.3 Å². The van der Waals surface area contributed by atoms with Gasteiger partial charge in [0.25, 0.3) is 5.91 Å². The average Bonchev–Trinajstić information content (AvgIpc) is 3.03. The van der Waals surface area contributed by atoms with E-state index in [1.807, 2.05) is 0 Å². The van der Waals surface area contributed by atoms with Gasteiger partial charge >= 0.3 is 5.97 Å². The Hall–Kier alpha value is -1.85. The van der Waals surface area contributed by atoms with Crippen LogP contribution in [0.4, 0.5) is 0 Å². The van der Waals surface area contributed by atoms with Gasteiger partial charge in [-0.25, -0.2) is 0 Å². The molecule has 0 aliphatic heterocycles. The quantitative estimate of drug-likeness (QED) is 0.830. The summed E-state index contributed by atoms with van der Waals surface area (Å²) in [6.45, 7) is 1.72. The Morgan fingerprint density at radius 1 is 1.59 bits per heavy atom. The van der Waals surface area contributed by atoms with Crippen LogP contribution >= 0.6 is 0 Å². The van der Waals surface area contributed by atoms with Crippen LogP contribution in [0, 0.1) is 0 Å². The molecule has 0 spiro atoms. The van der Waals surface area contributed by atoms with Gasteiger partial charge in [-0.05, 0) is 19.8 Å². The zero-order valence-electron chi connectivity index (χ0n) is 9.55. The second-order valence-electron chi connectivity index (χ2n) is 4.10. The fraction of sp³-hybridized carbons (Fsp3) is 0.545. The highest BCUT2D eigenvalue weighted by Crippen LogP contribution is 2.39. The lowest BCUT2D eigenvalue weighted by Gasteiger charge is -2.16. The number of nitrogens with zero attached hydrogens (tertiary/aromatic N) is 2. The number of rotatable bonds is 5. The summed E-state index contributed by atoms with van der Waals surface area (Å²) < 4.78 is 4.96. The fourth-order valence-corrected chi connectivity index (χ4v) is 1.61. The molecule has 1 aromatic rings. The molecule has 17 heavy (non-hydrogen) atoms. The third-order valence-corrected chi connectivity index (χ3v) is 2.73. The molecule has 1 amide bonds. The maximum atomic E-state index is 11.9. The molecule has 0 aromatic carbocycles. The normalized spacial score (nSPS) is 14.6. The highest BCUT2D eigenvalue weighted by molar-refractivity contribution is 5.93. The molecule has 0 unspecified atom stereocenters. The molecular weight excluding hydrogens is 224 g/mol. The molecule has 1 N–H and O–H groups in total. The van der Waals surface area contributed by atoms with E-state index in [2.05, 4.69) is 5.16 Å². The zero-order chi connectivity index (χ0) is 12.4. The van der Waals surface area contributed by atoms with Crippen LogP contribution in [0.2, 0.25) is 0 Å². The van der Waals surface area contributed by atoms with E-state index in [9.17, 15) is 9.59 Å². The highest BCUT2D eigenvalue weighted by Gasteiger charge is 2.29. The Labute approximate surface area is 98.2 Å². The van der Waals surface area contributed by atoms with Crippen molar-refractivity contribution in [2.24, 2.45) is 0 Å². The molecule has 0 bridgehead atoms. The largest absolute Gasteiger partial charge is 0.480 e. The lowest BCUT2D eigenvalue weighted by Crippen LogP contribution is -2.35. The van der Waals surface area contributed by atoms with Crippen molar-refractivity contribution in [1.29, 1.82) is 0 Å². The number of hydrogen-bond acceptors (Lipinski definition) is 4. The molecule has 6 nitrogen and oxygen atoms in total. The summed E-state index contributed by atoms with van der Waals surface area (Å²) in [7, 11) is 0. The highest BCUT2D eigenvalue weighted by atomic mass is 16.5. The molecule has 2 rings (SSSR count). The standard InChI is InChI=1S/C11H14N2O4/c1-2-13(6-10(14)15)11(16)9-5-8(12-17-9)7-3-4-7/h5,7H,2-4,6H2,1H3,(H,14,15). The van der Waals surface area contributed by atoms with E-state index in [1.54, 1.807) is 13.0 Å². The smallest absolute Gasteiger partial charge is 0.323 e. The molecule has 1 fully saturated rings. The van der Waals surface area contributed by atoms with Crippen molar-refractivity contribution in [3.05, 3.63) is 17.5 Å². The number of carbonyl (C=O) groups is 2. The third-order valence-electron chi connectivity index (χ3n) is 2.73. The summed E-state index contributed by atoms with van der Waals surface area (Å²) in [6, 6.07) is 1.62. The first-order valence-electron chi connectivity index (χ1n) is 5.59. The predicted octanol–water partition coefficient (Wildman–Crippen LogP) is 1.10. The maximum absolute atomic E-state index is 11.9. The van der Waals surface area contributed by atoms with Gasteiger partial charge < -0.3 is 14.5 Å². The van der Waals surface area contributed by atoms with E-state index in [0.717, 1.165) is 18.5 Å². The van der Waals surface area contributed by atoms with Crippen molar-refractivity contribution in [1.82, 2.24) is 10.1 Å². The molecule has 1 saturated carbocycles. The molecule has 1 aliphatic carbocycles. The van der Waals surface area contributed by atoms with Gasteiger partial charge in [-0.2, -0.15) is 0 Å². The molecule has 0 saturated heterocycles. The summed E-state index contributed by atoms with van der Waals surface area (Å²) in [5.41, 5.74) is 0.791. The van der Waals surface area contributed by atoms with E-state index >= 15 is 0 Å². The lowest BCUT2D eigenvalue weighted by atomic mass is 10.2. The van der Waals surface area contributed by atoms with Gasteiger partial charge in [0.1, 0.15) is 6.54 Å². The van der Waals surface area contributed by atoms with Gasteiger partial charge in [-0.3, -0.25) is 9.59 Å². The number of amides is 1. The monoisotopic (exact) mass is 238 g/mol. The summed E-state index contributed by atoms with van der Waals surface area (Å²) in [6.07, 6.45) is 2.15. The second kappa shape index (κ2) is 4.57. The Morgan fingerprint density at radius 2 is 2.29 bits per heavy atom. The van der Waals surface area contributed by atoms with Crippen LogP contribution < -0.4 is 0 Å². The molecule has 1 heterocycles. The maximum Gasteiger partial charge on any atom is 0.323 e. The van der Waals surface area contributed by atoms with Gasteiger partial charge in [0.15, 0.2) is 0 Å². The summed E-state index contributed by atoms with van der Waals surface area (Å²) in [5.74, 6) is -0.929. The minimum Gasteiger partial charge on any atom is -0.480 e. The Morgan fingerprint density at radius 3 is 2.82 bits per heavy atom. The minimum absolute atomic E-state index is 0.120. The number of carboxylic acid groups (broad SMARTS) is 1. The number of carbonyl (C=O) groups excluding carboxylic acids is 1. The molecule has 1 aliphatic rings. The van der Waals surface area contributed by atoms with E-state index in [4.69, 9.17) is 9.63 Å². The van der Waals surface area contributed by atoms with Gasteiger partial charge in [-0.15, -0.1) is 0 Å². The number of carboxylic acids is 1. The SMILES string of the molecule is CCN(CC(=O)O)C(=O)c1cc(C2CC2)no1. The molecule has 92 valence electrons. The van der Waals surface area contributed by atoms with Crippen molar-refractivity contribution < 1.29 is 19.2 Å². The predicted molar refractivity (Wildman–Crippen MR) is 57.7 cm³/mol. The number of hydrogen-bond donors (Lipinski definition) is 1. The number of aromatic nitrogens is 1. The molecule has 0 radical (unpaired) electrons. The van der Waals surface area contributed by atoms with Gasteiger partial charge in [0, 0.05) is 18.5 Å². The summed E-state index contributed by atoms with van der Waals surface area (Å²) >= 11 is 0. The molecular formula is C11H14N2O4. The first kappa shape index (κ1) is 11.6. The van der Waals surface area contributed by atoms with Crippen LogP contribution in [0.5, 0.6) is 0 Å². The van der Waals surface area contributed by atoms with Crippen molar-refractivity contribution in [3.8, 4) is 0 Å². The van der Waals surface area contributed by atoms with Gasteiger partial charge in [0.2, 0.25) is 5.76 Å². The van der Waals surface area contributed by atoms with Crippen molar-refractivity contribution in [3.63, 3.8) is 0 Å². The third kappa shape index (κ3) is 2.64. The van der Waals surface area contributed by atoms with Crippen LogP contribution in [0.15, 0.2) is 10.6 Å². The first-order chi connectivity index (χ1) is 8.11. The number of aliphatic carboxylic acids is 1. The molecule has 0 atom stereocenters. The van der Waals surface area contributed by atoms with Gasteiger partial charge in [-0.1, -0.05) is 5.16 Å². The summed E-state index contributed by atoms with van der Waals surface area (Å²) in [5, 5.41) is 12.5. The Bertz CT molecular complexity index is 436. The van der Waals surface area contributed by atoms with Crippen LogP contribution in [0.1, 0.15) is 41.9 Å². The Kier molecular flexibility index (Phi) is 3.12. The second-order valence-corrected chi connectivity index (χ2v) is 4.10. The van der Waals surface area contributed by atoms with E-state index in [0.29, 0.717) is 12.5 Å². The Balaban J connectivity index is 2.07. The van der Waals surface area contributed by atoms with Crippen LogP contribution in [0.3, 0.4) is 0 Å². The van der Waals surface area contributed by atoms with Crippen molar-refractivity contribution in [2.45, 2.75) is 25.7 Å². The van der Waals surface area contributed by atoms with E-state index in [1.165, 1.54) is 4.90 Å². The fourth-order valence-electron chi connectivity index (χ4n) is 1.61. The van der Waals surface area contributed by atoms with Crippen LogP contribution in [-0.2, 0) is 4.79 Å². The summed E-state index contributed by atoms with van der Waals surface area (Å²) in [4.78, 5) is 23.7. The molecule has 1 aromatic heterocycles. The van der Waals surface area contributed by atoms with E-state index < -0.39 is 11.9 Å². The van der Waals surface area contributed by atoms with Crippen LogP contribution in [-0.4, -0.2) is 40.1 Å². The van der Waals surface area contributed by atoms with Crippen molar-refractivity contribution in [2.75, 3.05) is 13.1 Å². The lowest BCUT2D eigenvalue weighted by molar-refractivity contribution is -0.137. The van der Waals surface area contributed by atoms with Crippen LogP contribution in [0.25, 0.3) is 0 Å². The van der Waals surface area contributed by atoms with Gasteiger partial charge in [0.05, 0.1) is 5.69 Å². The topological polar surface area (TPSA) is 83.6 Å². The first-order valence-corrected chi connectivity index (χ1v) is 5.59.